The number of piperazine rings is 1. The molecule has 0 aliphatic carbocycles. The average Bonchev–Trinajstić information content (AvgIpc) is 2.88. The maximum atomic E-state index is 12.8. The van der Waals surface area contributed by atoms with Crippen LogP contribution in [0.3, 0.4) is 0 Å². The van der Waals surface area contributed by atoms with E-state index in [2.05, 4.69) is 29.0 Å². The highest BCUT2D eigenvalue weighted by Gasteiger charge is 2.42. The van der Waals surface area contributed by atoms with E-state index in [-0.39, 0.29) is 5.54 Å². The highest BCUT2D eigenvalue weighted by molar-refractivity contribution is 5.86. The van der Waals surface area contributed by atoms with Crippen LogP contribution >= 0.6 is 0 Å². The van der Waals surface area contributed by atoms with Crippen LogP contribution in [0.25, 0.3) is 0 Å². The van der Waals surface area contributed by atoms with Crippen molar-refractivity contribution in [2.45, 2.75) is 45.1 Å². The molecule has 4 heteroatoms. The van der Waals surface area contributed by atoms with Gasteiger partial charge in [-0.25, -0.2) is 0 Å². The molecule has 2 aliphatic rings. The molecule has 1 atom stereocenters. The molecule has 2 aliphatic heterocycles. The zero-order chi connectivity index (χ0) is 13.0. The van der Waals surface area contributed by atoms with E-state index in [1.165, 1.54) is 0 Å². The number of hydrogen-bond acceptors (Lipinski definition) is 3. The number of likely N-dealkylation sites (N-methyl/N-ethyl adjacent to an activating group) is 1. The van der Waals surface area contributed by atoms with Crippen molar-refractivity contribution in [3.8, 4) is 0 Å². The van der Waals surface area contributed by atoms with Crippen LogP contribution in [-0.4, -0.2) is 60.5 Å². The lowest BCUT2D eigenvalue weighted by molar-refractivity contribution is -0.140. The van der Waals surface area contributed by atoms with E-state index in [9.17, 15) is 4.79 Å². The molecule has 0 radical (unpaired) electrons. The van der Waals surface area contributed by atoms with E-state index < -0.39 is 0 Å². The first-order chi connectivity index (χ1) is 8.72. The summed E-state index contributed by atoms with van der Waals surface area (Å²) in [6.45, 7) is 10.3. The maximum Gasteiger partial charge on any atom is 0.242 e. The molecular weight excluding hydrogens is 226 g/mol. The van der Waals surface area contributed by atoms with Crippen LogP contribution in [0.4, 0.5) is 0 Å². The summed E-state index contributed by atoms with van der Waals surface area (Å²) in [6.07, 6.45) is 4.22. The summed E-state index contributed by atoms with van der Waals surface area (Å²) < 4.78 is 0. The fraction of sp³-hybridized carbons (Fsp3) is 0.929. The van der Waals surface area contributed by atoms with Gasteiger partial charge in [-0.15, -0.1) is 0 Å². The predicted molar refractivity (Wildman–Crippen MR) is 73.6 cm³/mol. The second kappa shape index (κ2) is 6.02. The minimum atomic E-state index is -0.233. The molecule has 2 saturated heterocycles. The van der Waals surface area contributed by atoms with Gasteiger partial charge in [-0.05, 0) is 32.4 Å². The summed E-state index contributed by atoms with van der Waals surface area (Å²) in [6, 6.07) is 0. The highest BCUT2D eigenvalue weighted by Crippen LogP contribution is 2.27. The molecule has 2 heterocycles. The smallest absolute Gasteiger partial charge is 0.242 e. The second-order valence-corrected chi connectivity index (χ2v) is 5.59. The molecule has 18 heavy (non-hydrogen) atoms. The van der Waals surface area contributed by atoms with Crippen LogP contribution in [0.2, 0.25) is 0 Å². The summed E-state index contributed by atoms with van der Waals surface area (Å²) in [4.78, 5) is 17.3. The van der Waals surface area contributed by atoms with E-state index in [0.29, 0.717) is 5.91 Å². The Balaban J connectivity index is 1.97. The van der Waals surface area contributed by atoms with E-state index in [0.717, 1.165) is 65.0 Å². The molecule has 2 fully saturated rings. The van der Waals surface area contributed by atoms with E-state index >= 15 is 0 Å². The molecule has 104 valence electrons. The molecule has 0 aromatic carbocycles. The Bertz CT molecular complexity index is 279. The van der Waals surface area contributed by atoms with Crippen LogP contribution in [0, 0.1) is 0 Å². The van der Waals surface area contributed by atoms with Gasteiger partial charge in [0.25, 0.3) is 0 Å². The Labute approximate surface area is 111 Å². The van der Waals surface area contributed by atoms with Crippen molar-refractivity contribution in [2.24, 2.45) is 0 Å². The third kappa shape index (κ3) is 2.69. The lowest BCUT2D eigenvalue weighted by Crippen LogP contribution is -2.59. The zero-order valence-electron chi connectivity index (χ0n) is 11.9. The van der Waals surface area contributed by atoms with Gasteiger partial charge >= 0.3 is 0 Å². The molecule has 1 amide bonds. The molecule has 0 aromatic rings. The largest absolute Gasteiger partial charge is 0.339 e. The minimum Gasteiger partial charge on any atom is -0.339 e. The van der Waals surface area contributed by atoms with Crippen molar-refractivity contribution in [1.29, 1.82) is 0 Å². The van der Waals surface area contributed by atoms with Crippen LogP contribution < -0.4 is 5.32 Å². The normalized spacial score (nSPS) is 29.8. The number of rotatable bonds is 4. The minimum absolute atomic E-state index is 0.233. The maximum absolute atomic E-state index is 12.8. The number of carbonyl (C=O) groups excluding carboxylic acids is 1. The first-order valence-corrected chi connectivity index (χ1v) is 7.48. The van der Waals surface area contributed by atoms with Gasteiger partial charge in [0.05, 0.1) is 5.54 Å². The van der Waals surface area contributed by atoms with Crippen molar-refractivity contribution in [2.75, 3.05) is 39.3 Å². The highest BCUT2D eigenvalue weighted by atomic mass is 16.2. The molecule has 0 spiro atoms. The van der Waals surface area contributed by atoms with Crippen molar-refractivity contribution in [1.82, 2.24) is 15.1 Å². The second-order valence-electron chi connectivity index (χ2n) is 5.59. The van der Waals surface area contributed by atoms with E-state index in [1.807, 2.05) is 0 Å². The zero-order valence-corrected chi connectivity index (χ0v) is 11.9. The molecule has 1 N–H and O–H groups in total. The third-order valence-corrected chi connectivity index (χ3v) is 4.44. The Hall–Kier alpha value is -0.610. The first-order valence-electron chi connectivity index (χ1n) is 7.48. The molecule has 0 saturated carbocycles. The molecule has 0 bridgehead atoms. The van der Waals surface area contributed by atoms with Crippen LogP contribution in [0.15, 0.2) is 0 Å². The van der Waals surface area contributed by atoms with Gasteiger partial charge < -0.3 is 15.1 Å². The van der Waals surface area contributed by atoms with E-state index in [1.54, 1.807) is 0 Å². The van der Waals surface area contributed by atoms with Gasteiger partial charge in [-0.3, -0.25) is 4.79 Å². The van der Waals surface area contributed by atoms with Crippen LogP contribution in [-0.2, 0) is 4.79 Å². The predicted octanol–water partition coefficient (Wildman–Crippen LogP) is 1.07. The van der Waals surface area contributed by atoms with Crippen molar-refractivity contribution < 1.29 is 4.79 Å². The molecule has 1 unspecified atom stereocenters. The van der Waals surface area contributed by atoms with Gasteiger partial charge in [0.15, 0.2) is 0 Å². The lowest BCUT2D eigenvalue weighted by Gasteiger charge is -2.39. The van der Waals surface area contributed by atoms with Crippen LogP contribution in [0.1, 0.15) is 39.5 Å². The average molecular weight is 253 g/mol. The van der Waals surface area contributed by atoms with Gasteiger partial charge in [-0.2, -0.15) is 0 Å². The fourth-order valence-electron chi connectivity index (χ4n) is 3.31. The van der Waals surface area contributed by atoms with E-state index in [4.69, 9.17) is 0 Å². The van der Waals surface area contributed by atoms with Crippen LogP contribution in [0.5, 0.6) is 0 Å². The SMILES string of the molecule is CCCC1(C(=O)N2CCN(CC)CC2)CCCN1. The Morgan fingerprint density at radius 1 is 1.22 bits per heavy atom. The number of hydrogen-bond donors (Lipinski definition) is 1. The fourth-order valence-corrected chi connectivity index (χ4v) is 3.31. The topological polar surface area (TPSA) is 35.6 Å². The number of amides is 1. The van der Waals surface area contributed by atoms with Gasteiger partial charge in [-0.1, -0.05) is 20.3 Å². The van der Waals surface area contributed by atoms with Gasteiger partial charge in [0.1, 0.15) is 0 Å². The quantitative estimate of drug-likeness (QED) is 0.814. The summed E-state index contributed by atoms with van der Waals surface area (Å²) in [5.74, 6) is 0.359. The van der Waals surface area contributed by atoms with Crippen molar-refractivity contribution >= 4 is 5.91 Å². The van der Waals surface area contributed by atoms with Gasteiger partial charge in [0, 0.05) is 26.2 Å². The number of nitrogens with zero attached hydrogens (tertiary/aromatic N) is 2. The van der Waals surface area contributed by atoms with Crippen molar-refractivity contribution in [3.05, 3.63) is 0 Å². The number of carbonyl (C=O) groups is 1. The summed E-state index contributed by atoms with van der Waals surface area (Å²) in [5.41, 5.74) is -0.233. The molecular formula is C14H27N3O. The summed E-state index contributed by atoms with van der Waals surface area (Å²) in [5, 5.41) is 3.49. The standard InChI is InChI=1S/C14H27N3O/c1-3-6-14(7-5-8-15-14)13(18)17-11-9-16(4-2)10-12-17/h15H,3-12H2,1-2H3. The Morgan fingerprint density at radius 3 is 2.44 bits per heavy atom. The van der Waals surface area contributed by atoms with Gasteiger partial charge in [0.2, 0.25) is 5.91 Å². The Morgan fingerprint density at radius 2 is 1.94 bits per heavy atom. The molecule has 2 rings (SSSR count). The molecule has 0 aromatic heterocycles. The van der Waals surface area contributed by atoms with Crippen molar-refractivity contribution in [3.63, 3.8) is 0 Å². The summed E-state index contributed by atoms with van der Waals surface area (Å²) in [7, 11) is 0. The molecule has 4 nitrogen and oxygen atoms in total. The first kappa shape index (κ1) is 13.8. The monoisotopic (exact) mass is 253 g/mol. The summed E-state index contributed by atoms with van der Waals surface area (Å²) >= 11 is 0. The number of nitrogens with one attached hydrogen (secondary N) is 1. The third-order valence-electron chi connectivity index (χ3n) is 4.44. The Kier molecular flexibility index (Phi) is 4.62. The lowest BCUT2D eigenvalue weighted by atomic mass is 9.90.